The number of carbonyl (C=O) groups excluding carboxylic acids is 1. The number of thioether (sulfide) groups is 1. The third kappa shape index (κ3) is 4.77. The van der Waals surface area contributed by atoms with Gasteiger partial charge in [0.05, 0.1) is 11.0 Å². The Balaban J connectivity index is 1.62. The van der Waals surface area contributed by atoms with E-state index in [9.17, 15) is 14.9 Å². The Hall–Kier alpha value is -3.20. The largest absolute Gasteiger partial charge is 0.346 e. The molecular formula is C22H23N5O3S. The van der Waals surface area contributed by atoms with E-state index in [1.54, 1.807) is 12.1 Å². The molecule has 1 unspecified atom stereocenters. The molecule has 1 N–H and O–H groups in total. The van der Waals surface area contributed by atoms with Gasteiger partial charge in [0.25, 0.3) is 5.69 Å². The van der Waals surface area contributed by atoms with Crippen molar-refractivity contribution in [3.05, 3.63) is 76.1 Å². The molecule has 0 bridgehead atoms. The molecule has 1 atom stereocenters. The van der Waals surface area contributed by atoms with Crippen molar-refractivity contribution in [1.82, 2.24) is 20.1 Å². The number of nitrogens with one attached hydrogen (secondary N) is 1. The van der Waals surface area contributed by atoms with Crippen LogP contribution in [0.25, 0.3) is 5.69 Å². The standard InChI is InChI=1S/C22H23N5O3S/c1-15(23-21(28)17-8-5-9-17)20-24-25-22(31-14-16-6-3-2-4-7-16)26(20)18-10-12-19(13-11-18)27(29)30/h2-4,6-7,10-13,15,17H,5,8-9,14H2,1H3,(H,23,28). The maximum Gasteiger partial charge on any atom is 0.269 e. The van der Waals surface area contributed by atoms with Gasteiger partial charge < -0.3 is 5.32 Å². The van der Waals surface area contributed by atoms with Crippen molar-refractivity contribution in [2.24, 2.45) is 5.92 Å². The molecule has 31 heavy (non-hydrogen) atoms. The highest BCUT2D eigenvalue weighted by Crippen LogP contribution is 2.30. The van der Waals surface area contributed by atoms with Crippen molar-refractivity contribution in [3.63, 3.8) is 0 Å². The van der Waals surface area contributed by atoms with Crippen molar-refractivity contribution >= 4 is 23.4 Å². The van der Waals surface area contributed by atoms with Gasteiger partial charge in [-0.05, 0) is 37.5 Å². The number of nitrogens with zero attached hydrogens (tertiary/aromatic N) is 4. The van der Waals surface area contributed by atoms with Crippen molar-refractivity contribution in [2.75, 3.05) is 0 Å². The van der Waals surface area contributed by atoms with E-state index in [1.807, 2.05) is 41.8 Å². The molecule has 2 aromatic carbocycles. The Bertz CT molecular complexity index is 1060. The zero-order chi connectivity index (χ0) is 21.8. The minimum Gasteiger partial charge on any atom is -0.346 e. The van der Waals surface area contributed by atoms with Crippen molar-refractivity contribution in [1.29, 1.82) is 0 Å². The molecule has 8 nitrogen and oxygen atoms in total. The van der Waals surface area contributed by atoms with Gasteiger partial charge in [0.15, 0.2) is 11.0 Å². The average Bonchev–Trinajstić information content (AvgIpc) is 3.16. The lowest BCUT2D eigenvalue weighted by Crippen LogP contribution is -2.36. The Kier molecular flexibility index (Phi) is 6.31. The fourth-order valence-corrected chi connectivity index (χ4v) is 4.32. The molecule has 0 spiro atoms. The molecule has 0 saturated heterocycles. The van der Waals surface area contributed by atoms with E-state index >= 15 is 0 Å². The van der Waals surface area contributed by atoms with Gasteiger partial charge in [-0.3, -0.25) is 19.5 Å². The number of nitro benzene ring substituents is 1. The summed E-state index contributed by atoms with van der Waals surface area (Å²) in [6, 6.07) is 16.0. The van der Waals surface area contributed by atoms with Crippen LogP contribution in [-0.4, -0.2) is 25.6 Å². The SMILES string of the molecule is CC(NC(=O)C1CCC1)c1nnc(SCc2ccccc2)n1-c1ccc([N+](=O)[O-])cc1. The number of hydrogen-bond donors (Lipinski definition) is 1. The second kappa shape index (κ2) is 9.30. The second-order valence-electron chi connectivity index (χ2n) is 7.58. The van der Waals surface area contributed by atoms with E-state index in [1.165, 1.54) is 23.9 Å². The van der Waals surface area contributed by atoms with E-state index in [-0.39, 0.29) is 23.6 Å². The molecule has 0 radical (unpaired) electrons. The topological polar surface area (TPSA) is 103 Å². The van der Waals surface area contributed by atoms with Crippen LogP contribution in [0.3, 0.4) is 0 Å². The molecule has 1 aliphatic rings. The first-order chi connectivity index (χ1) is 15.0. The predicted octanol–water partition coefficient (Wildman–Crippen LogP) is 4.45. The quantitative estimate of drug-likeness (QED) is 0.317. The van der Waals surface area contributed by atoms with E-state index in [4.69, 9.17) is 0 Å². The number of amides is 1. The molecule has 1 aromatic heterocycles. The summed E-state index contributed by atoms with van der Waals surface area (Å²) in [6.45, 7) is 1.88. The Labute approximate surface area is 184 Å². The third-order valence-corrected chi connectivity index (χ3v) is 6.41. The maximum atomic E-state index is 12.4. The van der Waals surface area contributed by atoms with Crippen molar-refractivity contribution in [2.45, 2.75) is 43.1 Å². The van der Waals surface area contributed by atoms with Crippen LogP contribution in [0.2, 0.25) is 0 Å². The summed E-state index contributed by atoms with van der Waals surface area (Å²) in [5, 5.41) is 23.5. The first-order valence-corrected chi connectivity index (χ1v) is 11.2. The van der Waals surface area contributed by atoms with Crippen molar-refractivity contribution < 1.29 is 9.72 Å². The maximum absolute atomic E-state index is 12.4. The highest BCUT2D eigenvalue weighted by atomic mass is 32.2. The highest BCUT2D eigenvalue weighted by Gasteiger charge is 2.28. The van der Waals surface area contributed by atoms with Gasteiger partial charge in [0.2, 0.25) is 5.91 Å². The molecule has 9 heteroatoms. The molecular weight excluding hydrogens is 414 g/mol. The van der Waals surface area contributed by atoms with Crippen molar-refractivity contribution in [3.8, 4) is 5.69 Å². The Morgan fingerprint density at radius 2 is 1.90 bits per heavy atom. The number of carbonyl (C=O) groups is 1. The summed E-state index contributed by atoms with van der Waals surface area (Å²) in [4.78, 5) is 23.1. The van der Waals surface area contributed by atoms with E-state index in [0.717, 1.165) is 24.8 Å². The molecule has 4 rings (SSSR count). The second-order valence-corrected chi connectivity index (χ2v) is 8.52. The van der Waals surface area contributed by atoms with Gasteiger partial charge in [0.1, 0.15) is 0 Å². The molecule has 1 amide bonds. The van der Waals surface area contributed by atoms with Gasteiger partial charge in [0, 0.05) is 29.5 Å². The van der Waals surface area contributed by atoms with E-state index < -0.39 is 4.92 Å². The minimum atomic E-state index is -0.427. The van der Waals surface area contributed by atoms with Crippen LogP contribution in [0.5, 0.6) is 0 Å². The molecule has 160 valence electrons. The zero-order valence-corrected chi connectivity index (χ0v) is 17.9. The summed E-state index contributed by atoms with van der Waals surface area (Å²) < 4.78 is 1.86. The smallest absolute Gasteiger partial charge is 0.269 e. The number of rotatable bonds is 8. The molecule has 1 saturated carbocycles. The zero-order valence-electron chi connectivity index (χ0n) is 17.1. The number of nitro groups is 1. The number of hydrogen-bond acceptors (Lipinski definition) is 6. The molecule has 1 heterocycles. The minimum absolute atomic E-state index is 0.0168. The number of non-ortho nitro benzene ring substituents is 1. The molecule has 1 aliphatic carbocycles. The summed E-state index contributed by atoms with van der Waals surface area (Å²) >= 11 is 1.53. The lowest BCUT2D eigenvalue weighted by Gasteiger charge is -2.26. The molecule has 3 aromatic rings. The number of benzene rings is 2. The molecule has 0 aliphatic heterocycles. The summed E-state index contributed by atoms with van der Waals surface area (Å²) in [5.74, 6) is 1.41. The van der Waals surface area contributed by atoms with Crippen LogP contribution < -0.4 is 5.32 Å². The fraction of sp³-hybridized carbons (Fsp3) is 0.318. The first-order valence-electron chi connectivity index (χ1n) is 10.2. The van der Waals surface area contributed by atoms with Crippen LogP contribution in [0.15, 0.2) is 59.8 Å². The summed E-state index contributed by atoms with van der Waals surface area (Å²) in [6.07, 6.45) is 2.93. The summed E-state index contributed by atoms with van der Waals surface area (Å²) in [7, 11) is 0. The molecule has 1 fully saturated rings. The van der Waals surface area contributed by atoms with E-state index in [2.05, 4.69) is 15.5 Å². The van der Waals surface area contributed by atoms with Gasteiger partial charge in [-0.2, -0.15) is 0 Å². The predicted molar refractivity (Wildman–Crippen MR) is 118 cm³/mol. The van der Waals surface area contributed by atoms with Crippen LogP contribution in [0.4, 0.5) is 5.69 Å². The van der Waals surface area contributed by atoms with Crippen LogP contribution >= 0.6 is 11.8 Å². The Morgan fingerprint density at radius 1 is 1.19 bits per heavy atom. The normalized spacial score (nSPS) is 14.6. The van der Waals surface area contributed by atoms with Gasteiger partial charge >= 0.3 is 0 Å². The lowest BCUT2D eigenvalue weighted by atomic mass is 9.84. The van der Waals surface area contributed by atoms with Gasteiger partial charge in [-0.15, -0.1) is 10.2 Å². The lowest BCUT2D eigenvalue weighted by molar-refractivity contribution is -0.384. The van der Waals surface area contributed by atoms with E-state index in [0.29, 0.717) is 22.4 Å². The first kappa shape index (κ1) is 21.0. The number of aromatic nitrogens is 3. The highest BCUT2D eigenvalue weighted by molar-refractivity contribution is 7.98. The monoisotopic (exact) mass is 437 g/mol. The van der Waals surface area contributed by atoms with Gasteiger partial charge in [-0.25, -0.2) is 0 Å². The Morgan fingerprint density at radius 3 is 2.52 bits per heavy atom. The summed E-state index contributed by atoms with van der Waals surface area (Å²) in [5.41, 5.74) is 1.88. The van der Waals surface area contributed by atoms with Crippen LogP contribution in [0, 0.1) is 16.0 Å². The van der Waals surface area contributed by atoms with Crippen LogP contribution in [0.1, 0.15) is 43.6 Å². The third-order valence-electron chi connectivity index (χ3n) is 5.41. The van der Waals surface area contributed by atoms with Gasteiger partial charge in [-0.1, -0.05) is 48.5 Å². The fourth-order valence-electron chi connectivity index (χ4n) is 3.41. The van der Waals surface area contributed by atoms with Crippen LogP contribution in [-0.2, 0) is 10.5 Å². The average molecular weight is 438 g/mol.